The Kier molecular flexibility index (Phi) is 4.33. The van der Waals surface area contributed by atoms with Crippen molar-refractivity contribution in [1.29, 1.82) is 0 Å². The first-order valence-corrected chi connectivity index (χ1v) is 8.09. The van der Waals surface area contributed by atoms with Crippen molar-refractivity contribution in [2.24, 2.45) is 0 Å². The number of hydrogen-bond acceptors (Lipinski definition) is 6. The first-order valence-electron chi connectivity index (χ1n) is 6.24. The molecule has 1 fully saturated rings. The van der Waals surface area contributed by atoms with Gasteiger partial charge in [-0.15, -0.1) is 0 Å². The summed E-state index contributed by atoms with van der Waals surface area (Å²) in [6, 6.07) is 1.07. The van der Waals surface area contributed by atoms with Crippen LogP contribution in [0.1, 0.15) is 10.6 Å². The Hall–Kier alpha value is -1.87. The number of carbonyl (C=O) groups excluding carboxylic acids is 1. The molecule has 0 atom stereocenters. The highest BCUT2D eigenvalue weighted by Gasteiger charge is 2.27. The number of carbonyl (C=O) groups is 1. The molecular formula is C12H16N2O6S. The molecule has 1 aromatic rings. The van der Waals surface area contributed by atoms with Gasteiger partial charge >= 0.3 is 0 Å². The lowest BCUT2D eigenvalue weighted by molar-refractivity contribution is 0.0663. The summed E-state index contributed by atoms with van der Waals surface area (Å²) in [4.78, 5) is 25.2. The predicted molar refractivity (Wildman–Crippen MR) is 73.9 cm³/mol. The molecule has 0 N–H and O–H groups in total. The Labute approximate surface area is 122 Å². The fourth-order valence-electron chi connectivity index (χ4n) is 2.04. The normalized spacial score (nSPS) is 16.8. The van der Waals surface area contributed by atoms with Crippen LogP contribution in [0, 0.1) is 0 Å². The van der Waals surface area contributed by atoms with E-state index in [1.807, 2.05) is 0 Å². The quantitative estimate of drug-likeness (QED) is 0.736. The second kappa shape index (κ2) is 5.86. The maximum absolute atomic E-state index is 12.2. The van der Waals surface area contributed by atoms with Crippen LogP contribution in [0.4, 0.5) is 0 Å². The summed E-state index contributed by atoms with van der Waals surface area (Å²) in [7, 11) is -1.92. The van der Waals surface area contributed by atoms with Crippen LogP contribution in [0.25, 0.3) is 0 Å². The zero-order chi connectivity index (χ0) is 15.6. The summed E-state index contributed by atoms with van der Waals surface area (Å²) in [5.41, 5.74) is -0.443. The van der Waals surface area contributed by atoms with E-state index >= 15 is 0 Å². The number of ether oxygens (including phenoxy) is 1. The summed E-state index contributed by atoms with van der Waals surface area (Å²) in [6.07, 6.45) is 2.22. The van der Waals surface area contributed by atoms with Crippen LogP contribution in [0.15, 0.2) is 21.5 Å². The van der Waals surface area contributed by atoms with Gasteiger partial charge in [-0.3, -0.25) is 9.59 Å². The molecule has 2 heterocycles. The topological polar surface area (TPSA) is 97.1 Å². The molecule has 1 aliphatic rings. The number of rotatable bonds is 3. The van der Waals surface area contributed by atoms with Crippen LogP contribution < -0.4 is 10.2 Å². The molecule has 1 saturated heterocycles. The van der Waals surface area contributed by atoms with Crippen molar-refractivity contribution < 1.29 is 22.4 Å². The van der Waals surface area contributed by atoms with Gasteiger partial charge in [0.1, 0.15) is 6.26 Å². The van der Waals surface area contributed by atoms with E-state index in [9.17, 15) is 18.0 Å². The Morgan fingerprint density at radius 2 is 1.90 bits per heavy atom. The van der Waals surface area contributed by atoms with E-state index in [4.69, 9.17) is 9.15 Å². The van der Waals surface area contributed by atoms with Gasteiger partial charge in [0.25, 0.3) is 5.91 Å². The molecular weight excluding hydrogens is 300 g/mol. The maximum atomic E-state index is 12.2. The summed E-state index contributed by atoms with van der Waals surface area (Å²) < 4.78 is 34.0. The lowest BCUT2D eigenvalue weighted by atomic mass is 10.3. The standard InChI is InChI=1S/C12H16N2O6S/c1-19-11-8-20-10(7-9(11)15)12(16)13-3-5-14(6-4-13)21(2,17)18/h7-8H,3-6H2,1-2H3. The Balaban J connectivity index is 2.09. The van der Waals surface area contributed by atoms with Crippen molar-refractivity contribution >= 4 is 15.9 Å². The van der Waals surface area contributed by atoms with Gasteiger partial charge in [-0.2, -0.15) is 4.31 Å². The minimum absolute atomic E-state index is 0.0217. The van der Waals surface area contributed by atoms with Crippen LogP contribution in [-0.2, 0) is 10.0 Å². The number of piperazine rings is 1. The largest absolute Gasteiger partial charge is 0.490 e. The van der Waals surface area contributed by atoms with Gasteiger partial charge < -0.3 is 14.1 Å². The molecule has 0 radical (unpaired) electrons. The van der Waals surface area contributed by atoms with Crippen LogP contribution in [0.5, 0.6) is 5.75 Å². The van der Waals surface area contributed by atoms with Crippen LogP contribution in [0.3, 0.4) is 0 Å². The van der Waals surface area contributed by atoms with E-state index in [1.165, 1.54) is 16.3 Å². The van der Waals surface area contributed by atoms with E-state index in [2.05, 4.69) is 0 Å². The van der Waals surface area contributed by atoms with Gasteiger partial charge in [-0.05, 0) is 0 Å². The van der Waals surface area contributed by atoms with Crippen LogP contribution >= 0.6 is 0 Å². The molecule has 1 aromatic heterocycles. The van der Waals surface area contributed by atoms with Crippen molar-refractivity contribution in [2.75, 3.05) is 39.5 Å². The smallest absolute Gasteiger partial charge is 0.289 e. The third-order valence-corrected chi connectivity index (χ3v) is 4.53. The van der Waals surface area contributed by atoms with Crippen molar-refractivity contribution in [3.05, 3.63) is 28.3 Å². The van der Waals surface area contributed by atoms with Crippen molar-refractivity contribution in [1.82, 2.24) is 9.21 Å². The second-order valence-electron chi connectivity index (χ2n) is 4.63. The maximum Gasteiger partial charge on any atom is 0.289 e. The molecule has 116 valence electrons. The number of sulfonamides is 1. The highest BCUT2D eigenvalue weighted by Crippen LogP contribution is 2.11. The van der Waals surface area contributed by atoms with Gasteiger partial charge in [0.15, 0.2) is 5.76 Å². The Morgan fingerprint density at radius 3 is 2.38 bits per heavy atom. The molecule has 9 heteroatoms. The predicted octanol–water partition coefficient (Wildman–Crippen LogP) is -0.634. The van der Waals surface area contributed by atoms with Crippen molar-refractivity contribution in [3.63, 3.8) is 0 Å². The van der Waals surface area contributed by atoms with Gasteiger partial charge in [0, 0.05) is 32.2 Å². The Bertz CT molecular complexity index is 688. The lowest BCUT2D eigenvalue weighted by Gasteiger charge is -2.32. The molecule has 1 aliphatic heterocycles. The molecule has 21 heavy (non-hydrogen) atoms. The third-order valence-electron chi connectivity index (χ3n) is 3.22. The second-order valence-corrected chi connectivity index (χ2v) is 6.61. The molecule has 0 aliphatic carbocycles. The summed E-state index contributed by atoms with van der Waals surface area (Å²) in [5.74, 6) is -0.509. The zero-order valence-electron chi connectivity index (χ0n) is 11.7. The number of nitrogens with zero attached hydrogens (tertiary/aromatic N) is 2. The summed E-state index contributed by atoms with van der Waals surface area (Å²) >= 11 is 0. The van der Waals surface area contributed by atoms with E-state index in [-0.39, 0.29) is 37.7 Å². The van der Waals surface area contributed by atoms with Gasteiger partial charge in [0.05, 0.1) is 13.4 Å². The number of methoxy groups -OCH3 is 1. The van der Waals surface area contributed by atoms with Crippen LogP contribution in [-0.4, -0.2) is 63.1 Å². The monoisotopic (exact) mass is 316 g/mol. The number of amides is 1. The van der Waals surface area contributed by atoms with Crippen molar-refractivity contribution in [3.8, 4) is 5.75 Å². The molecule has 0 unspecified atom stereocenters. The molecule has 0 aromatic carbocycles. The first kappa shape index (κ1) is 15.5. The van der Waals surface area contributed by atoms with E-state index in [0.717, 1.165) is 18.6 Å². The molecule has 0 saturated carbocycles. The van der Waals surface area contributed by atoms with E-state index in [1.54, 1.807) is 0 Å². The summed E-state index contributed by atoms with van der Waals surface area (Å²) in [5, 5.41) is 0. The first-order chi connectivity index (χ1) is 9.82. The fourth-order valence-corrected chi connectivity index (χ4v) is 2.87. The Morgan fingerprint density at radius 1 is 1.29 bits per heavy atom. The fraction of sp³-hybridized carbons (Fsp3) is 0.500. The third kappa shape index (κ3) is 3.42. The molecule has 1 amide bonds. The van der Waals surface area contributed by atoms with Crippen LogP contribution in [0.2, 0.25) is 0 Å². The molecule has 8 nitrogen and oxygen atoms in total. The average molecular weight is 316 g/mol. The highest BCUT2D eigenvalue weighted by molar-refractivity contribution is 7.88. The van der Waals surface area contributed by atoms with Gasteiger partial charge in [-0.25, -0.2) is 8.42 Å². The number of hydrogen-bond donors (Lipinski definition) is 0. The lowest BCUT2D eigenvalue weighted by Crippen LogP contribution is -2.50. The molecule has 0 spiro atoms. The average Bonchev–Trinajstić information content (AvgIpc) is 2.45. The molecule has 0 bridgehead atoms. The minimum atomic E-state index is -3.25. The SMILES string of the molecule is COc1coc(C(=O)N2CCN(S(C)(=O)=O)CC2)cc1=O. The van der Waals surface area contributed by atoms with Gasteiger partial charge in [-0.1, -0.05) is 0 Å². The highest BCUT2D eigenvalue weighted by atomic mass is 32.2. The van der Waals surface area contributed by atoms with Crippen molar-refractivity contribution in [2.45, 2.75) is 0 Å². The van der Waals surface area contributed by atoms with E-state index in [0.29, 0.717) is 0 Å². The van der Waals surface area contributed by atoms with E-state index < -0.39 is 21.4 Å². The summed E-state index contributed by atoms with van der Waals surface area (Å²) in [6.45, 7) is 0.958. The zero-order valence-corrected chi connectivity index (χ0v) is 12.6. The molecule has 2 rings (SSSR count). The minimum Gasteiger partial charge on any atom is -0.490 e. The van der Waals surface area contributed by atoms with Gasteiger partial charge in [0.2, 0.25) is 21.2 Å².